The monoisotopic (exact) mass is 287 g/mol. The van der Waals surface area contributed by atoms with Gasteiger partial charge in [0.05, 0.1) is 11.7 Å². The van der Waals surface area contributed by atoms with Crippen LogP contribution in [-0.4, -0.2) is 30.1 Å². The molecule has 1 N–H and O–H groups in total. The summed E-state index contributed by atoms with van der Waals surface area (Å²) in [5.74, 6) is 1.39. The number of likely N-dealkylation sites (N-methyl/N-ethyl adjacent to an activating group) is 1. The lowest BCUT2D eigenvalue weighted by Crippen LogP contribution is -2.27. The van der Waals surface area contributed by atoms with E-state index in [1.165, 1.54) is 18.6 Å². The molecule has 0 saturated heterocycles. The average molecular weight is 287 g/mol. The van der Waals surface area contributed by atoms with Crippen molar-refractivity contribution in [1.82, 2.24) is 4.90 Å². The van der Waals surface area contributed by atoms with Crippen molar-refractivity contribution in [2.24, 2.45) is 11.8 Å². The van der Waals surface area contributed by atoms with Gasteiger partial charge in [-0.25, -0.2) is 0 Å². The van der Waals surface area contributed by atoms with E-state index in [4.69, 9.17) is 0 Å². The topological polar surface area (TPSA) is 23.5 Å². The number of rotatable bonds is 5. The summed E-state index contributed by atoms with van der Waals surface area (Å²) in [6.07, 6.45) is -4.06. The van der Waals surface area contributed by atoms with Crippen LogP contribution in [0.25, 0.3) is 0 Å². The van der Waals surface area contributed by atoms with Gasteiger partial charge in [0.2, 0.25) is 0 Å². The summed E-state index contributed by atoms with van der Waals surface area (Å²) < 4.78 is 37.9. The molecule has 2 nitrogen and oxygen atoms in total. The van der Waals surface area contributed by atoms with E-state index < -0.39 is 17.8 Å². The molecule has 0 bridgehead atoms. The summed E-state index contributed by atoms with van der Waals surface area (Å²) >= 11 is 0. The van der Waals surface area contributed by atoms with Crippen LogP contribution in [0, 0.1) is 11.8 Å². The molecular weight excluding hydrogens is 267 g/mol. The van der Waals surface area contributed by atoms with Gasteiger partial charge < -0.3 is 10.0 Å². The van der Waals surface area contributed by atoms with Gasteiger partial charge in [-0.05, 0) is 43.0 Å². The van der Waals surface area contributed by atoms with Crippen LogP contribution in [0.4, 0.5) is 13.2 Å². The molecule has 0 aliphatic heterocycles. The first-order valence-corrected chi connectivity index (χ1v) is 6.81. The predicted octanol–water partition coefficient (Wildman–Crippen LogP) is 3.33. The molecule has 0 heterocycles. The van der Waals surface area contributed by atoms with Crippen LogP contribution in [0.3, 0.4) is 0 Å². The highest BCUT2D eigenvalue weighted by atomic mass is 19.4. The van der Waals surface area contributed by atoms with Crippen molar-refractivity contribution < 1.29 is 18.3 Å². The fourth-order valence-electron chi connectivity index (χ4n) is 2.45. The maximum absolute atomic E-state index is 12.6. The first kappa shape index (κ1) is 15.3. The summed E-state index contributed by atoms with van der Waals surface area (Å²) in [5, 5.41) is 10.1. The fourth-order valence-corrected chi connectivity index (χ4v) is 2.45. The molecule has 3 atom stereocenters. The molecule has 1 saturated carbocycles. The summed E-state index contributed by atoms with van der Waals surface area (Å²) in [6.45, 7) is 3.42. The van der Waals surface area contributed by atoms with Gasteiger partial charge in [0.15, 0.2) is 0 Å². The number of nitrogens with zero attached hydrogens (tertiary/aromatic N) is 1. The Morgan fingerprint density at radius 2 is 2.05 bits per heavy atom. The van der Waals surface area contributed by atoms with Crippen LogP contribution >= 0.6 is 0 Å². The molecule has 0 amide bonds. The molecule has 3 unspecified atom stereocenters. The summed E-state index contributed by atoms with van der Waals surface area (Å²) in [7, 11) is 1.89. The largest absolute Gasteiger partial charge is 0.416 e. The second-order valence-corrected chi connectivity index (χ2v) is 5.83. The van der Waals surface area contributed by atoms with Crippen LogP contribution in [0.15, 0.2) is 24.3 Å². The van der Waals surface area contributed by atoms with Gasteiger partial charge in [-0.1, -0.05) is 19.1 Å². The molecule has 1 fully saturated rings. The van der Waals surface area contributed by atoms with E-state index in [0.717, 1.165) is 24.6 Å². The Bertz CT molecular complexity index is 461. The van der Waals surface area contributed by atoms with Gasteiger partial charge in [0.1, 0.15) is 0 Å². The quantitative estimate of drug-likeness (QED) is 0.898. The maximum atomic E-state index is 12.6. The van der Waals surface area contributed by atoms with Crippen LogP contribution in [0.2, 0.25) is 0 Å². The van der Waals surface area contributed by atoms with E-state index in [9.17, 15) is 18.3 Å². The Labute approximate surface area is 117 Å². The number of aliphatic hydroxyl groups excluding tert-OH is 1. The molecule has 1 aromatic carbocycles. The standard InChI is InChI=1S/C15H20F3NO/c1-10-6-12(10)8-19(2)9-14(20)11-4-3-5-13(7-11)15(16,17)18/h3-5,7,10,12,14,20H,6,8-9H2,1-2H3. The SMILES string of the molecule is CC1CC1CN(C)CC(O)c1cccc(C(F)(F)F)c1. The lowest BCUT2D eigenvalue weighted by molar-refractivity contribution is -0.137. The molecule has 112 valence electrons. The van der Waals surface area contributed by atoms with Gasteiger partial charge in [0.25, 0.3) is 0 Å². The average Bonchev–Trinajstić information content (AvgIpc) is 3.03. The van der Waals surface area contributed by atoms with Crippen LogP contribution in [-0.2, 0) is 6.18 Å². The van der Waals surface area contributed by atoms with E-state index in [0.29, 0.717) is 18.0 Å². The molecule has 1 aliphatic carbocycles. The molecule has 1 aromatic rings. The lowest BCUT2D eigenvalue weighted by atomic mass is 10.1. The highest BCUT2D eigenvalue weighted by molar-refractivity contribution is 5.27. The Morgan fingerprint density at radius 1 is 1.40 bits per heavy atom. The molecule has 2 rings (SSSR count). The predicted molar refractivity (Wildman–Crippen MR) is 71.2 cm³/mol. The Morgan fingerprint density at radius 3 is 2.60 bits per heavy atom. The minimum absolute atomic E-state index is 0.315. The van der Waals surface area contributed by atoms with Crippen molar-refractivity contribution in [2.45, 2.75) is 25.6 Å². The fraction of sp³-hybridized carbons (Fsp3) is 0.600. The minimum atomic E-state index is -4.37. The van der Waals surface area contributed by atoms with E-state index in [1.54, 1.807) is 0 Å². The maximum Gasteiger partial charge on any atom is 0.416 e. The number of aliphatic hydroxyl groups is 1. The molecule has 5 heteroatoms. The van der Waals surface area contributed by atoms with Gasteiger partial charge in [-0.15, -0.1) is 0 Å². The molecule has 0 aromatic heterocycles. The summed E-state index contributed by atoms with van der Waals surface area (Å²) in [5.41, 5.74) is -0.400. The first-order valence-electron chi connectivity index (χ1n) is 6.81. The third-order valence-corrected chi connectivity index (χ3v) is 3.91. The van der Waals surface area contributed by atoms with Crippen molar-refractivity contribution in [2.75, 3.05) is 20.1 Å². The zero-order chi connectivity index (χ0) is 14.9. The zero-order valence-corrected chi connectivity index (χ0v) is 11.7. The summed E-state index contributed by atoms with van der Waals surface area (Å²) in [6, 6.07) is 4.92. The van der Waals surface area contributed by atoms with Gasteiger partial charge in [0, 0.05) is 13.1 Å². The van der Waals surface area contributed by atoms with Crippen molar-refractivity contribution in [3.8, 4) is 0 Å². The zero-order valence-electron chi connectivity index (χ0n) is 11.7. The third-order valence-electron chi connectivity index (χ3n) is 3.91. The second-order valence-electron chi connectivity index (χ2n) is 5.83. The van der Waals surface area contributed by atoms with Gasteiger partial charge >= 0.3 is 6.18 Å². The van der Waals surface area contributed by atoms with Crippen molar-refractivity contribution in [3.63, 3.8) is 0 Å². The number of alkyl halides is 3. The van der Waals surface area contributed by atoms with Crippen molar-refractivity contribution >= 4 is 0 Å². The lowest BCUT2D eigenvalue weighted by Gasteiger charge is -2.21. The Hall–Kier alpha value is -1.07. The molecule has 1 aliphatic rings. The third kappa shape index (κ3) is 3.96. The first-order chi connectivity index (χ1) is 9.27. The normalized spacial score (nSPS) is 23.9. The van der Waals surface area contributed by atoms with E-state index in [2.05, 4.69) is 6.92 Å². The van der Waals surface area contributed by atoms with E-state index in [-0.39, 0.29) is 0 Å². The highest BCUT2D eigenvalue weighted by Crippen LogP contribution is 2.38. The van der Waals surface area contributed by atoms with E-state index in [1.807, 2.05) is 11.9 Å². The van der Waals surface area contributed by atoms with Crippen molar-refractivity contribution in [1.29, 1.82) is 0 Å². The smallest absolute Gasteiger partial charge is 0.387 e. The number of hydrogen-bond acceptors (Lipinski definition) is 2. The Balaban J connectivity index is 1.96. The summed E-state index contributed by atoms with van der Waals surface area (Å²) in [4.78, 5) is 1.99. The van der Waals surface area contributed by atoms with Gasteiger partial charge in [-0.2, -0.15) is 13.2 Å². The number of halogens is 3. The van der Waals surface area contributed by atoms with Gasteiger partial charge in [-0.3, -0.25) is 0 Å². The minimum Gasteiger partial charge on any atom is -0.387 e. The van der Waals surface area contributed by atoms with E-state index >= 15 is 0 Å². The van der Waals surface area contributed by atoms with Crippen molar-refractivity contribution in [3.05, 3.63) is 35.4 Å². The molecule has 0 radical (unpaired) electrons. The van der Waals surface area contributed by atoms with Crippen LogP contribution in [0.5, 0.6) is 0 Å². The number of benzene rings is 1. The van der Waals surface area contributed by atoms with Crippen LogP contribution in [0.1, 0.15) is 30.6 Å². The molecule has 0 spiro atoms. The van der Waals surface area contributed by atoms with Crippen LogP contribution < -0.4 is 0 Å². The molecule has 20 heavy (non-hydrogen) atoms. The Kier molecular flexibility index (Phi) is 4.39. The number of hydrogen-bond donors (Lipinski definition) is 1. The molecular formula is C15H20F3NO. The highest BCUT2D eigenvalue weighted by Gasteiger charge is 2.34. The second kappa shape index (κ2) is 5.74.